The number of ether oxygens (including phenoxy) is 1. The molecule has 0 saturated carbocycles. The minimum Gasteiger partial charge on any atom is -0.490 e. The van der Waals surface area contributed by atoms with Crippen LogP contribution in [0.3, 0.4) is 0 Å². The summed E-state index contributed by atoms with van der Waals surface area (Å²) in [6, 6.07) is 6.61. The van der Waals surface area contributed by atoms with E-state index in [1.54, 1.807) is 6.07 Å². The van der Waals surface area contributed by atoms with Gasteiger partial charge in [0.05, 0.1) is 18.2 Å². The number of benzene rings is 1. The molecule has 6 heteroatoms. The van der Waals surface area contributed by atoms with E-state index < -0.39 is 7.23 Å². The summed E-state index contributed by atoms with van der Waals surface area (Å²) in [5.74, 6) is 0.723. The smallest absolute Gasteiger partial charge is 0.490 e. The van der Waals surface area contributed by atoms with Gasteiger partial charge >= 0.3 is 7.23 Å². The minimum atomic E-state index is -2.04. The Bertz CT molecular complexity index is 416. The molecule has 1 aromatic carbocycles. The molecular formula is C9H9NO3PS+. The largest absolute Gasteiger partial charge is 0.631 e. The van der Waals surface area contributed by atoms with Crippen LogP contribution in [-0.2, 0) is 4.57 Å². The second kappa shape index (κ2) is 5.59. The first-order valence-electron chi connectivity index (χ1n) is 4.18. The van der Waals surface area contributed by atoms with E-state index in [-0.39, 0.29) is 0 Å². The van der Waals surface area contributed by atoms with Crippen LogP contribution in [0.2, 0.25) is 0 Å². The molecule has 0 heterocycles. The molecule has 0 aromatic heterocycles. The molecule has 1 unspecified atom stereocenters. The molecule has 0 spiro atoms. The molecule has 0 bridgehead atoms. The first-order valence-corrected chi connectivity index (χ1v) is 6.51. The number of rotatable bonds is 4. The zero-order chi connectivity index (χ0) is 11.3. The van der Waals surface area contributed by atoms with Crippen molar-refractivity contribution in [3.63, 3.8) is 0 Å². The van der Waals surface area contributed by atoms with Gasteiger partial charge in [-0.2, -0.15) is 5.26 Å². The van der Waals surface area contributed by atoms with E-state index in [4.69, 9.17) is 14.5 Å². The van der Waals surface area contributed by atoms with Gasteiger partial charge in [0.15, 0.2) is 18.0 Å². The third-order valence-corrected chi connectivity index (χ3v) is 2.15. The van der Waals surface area contributed by atoms with Crippen molar-refractivity contribution in [2.45, 2.75) is 6.92 Å². The molecule has 0 aliphatic carbocycles. The molecular weight excluding hydrogens is 233 g/mol. The van der Waals surface area contributed by atoms with E-state index in [1.165, 1.54) is 12.1 Å². The predicted octanol–water partition coefficient (Wildman–Crippen LogP) is 2.92. The number of hydrogen-bond donors (Lipinski definition) is 1. The van der Waals surface area contributed by atoms with Crippen LogP contribution >= 0.6 is 19.5 Å². The van der Waals surface area contributed by atoms with Crippen LogP contribution in [0.5, 0.6) is 11.5 Å². The van der Waals surface area contributed by atoms with Crippen LogP contribution in [0.4, 0.5) is 0 Å². The average molecular weight is 242 g/mol. The van der Waals surface area contributed by atoms with Gasteiger partial charge in [-0.25, -0.2) is 4.52 Å². The maximum Gasteiger partial charge on any atom is 0.631 e. The second-order valence-corrected chi connectivity index (χ2v) is 4.17. The minimum absolute atomic E-state index is 0.326. The van der Waals surface area contributed by atoms with Gasteiger partial charge in [0.2, 0.25) is 5.75 Å². The maximum atomic E-state index is 10.8. The number of thiol groups is 1. The topological polar surface area (TPSA) is 59.3 Å². The standard InChI is InChI=1S/C9H8NO3PS/c1-2-12-9-5-7(6-10)3-4-8(9)13-14(11)15/h3-5H,2H2,1H3/p+1. The lowest BCUT2D eigenvalue weighted by atomic mass is 10.2. The Morgan fingerprint density at radius 2 is 2.27 bits per heavy atom. The van der Waals surface area contributed by atoms with Crippen molar-refractivity contribution in [2.24, 2.45) is 0 Å². The van der Waals surface area contributed by atoms with Gasteiger partial charge in [-0.3, -0.25) is 0 Å². The molecule has 0 saturated heterocycles. The van der Waals surface area contributed by atoms with Gasteiger partial charge < -0.3 is 4.74 Å². The Labute approximate surface area is 93.8 Å². The first kappa shape index (κ1) is 11.8. The van der Waals surface area contributed by atoms with Crippen molar-refractivity contribution in [3.05, 3.63) is 23.8 Å². The van der Waals surface area contributed by atoms with Gasteiger partial charge in [0, 0.05) is 6.07 Å². The lowest BCUT2D eigenvalue weighted by molar-refractivity contribution is 0.329. The fraction of sp³-hybridized carbons (Fsp3) is 0.222. The van der Waals surface area contributed by atoms with Gasteiger partial charge in [0.1, 0.15) is 0 Å². The summed E-state index contributed by atoms with van der Waals surface area (Å²) >= 11 is 3.64. The third kappa shape index (κ3) is 3.43. The summed E-state index contributed by atoms with van der Waals surface area (Å²) < 4.78 is 21.0. The van der Waals surface area contributed by atoms with Gasteiger partial charge in [-0.15, -0.1) is 0 Å². The lowest BCUT2D eigenvalue weighted by Gasteiger charge is -2.04. The number of hydrogen-bond acceptors (Lipinski definition) is 4. The number of nitriles is 1. The predicted molar refractivity (Wildman–Crippen MR) is 59.5 cm³/mol. The van der Waals surface area contributed by atoms with Crippen molar-refractivity contribution in [1.82, 2.24) is 0 Å². The molecule has 0 radical (unpaired) electrons. The SMILES string of the molecule is CCOc1cc(C#N)ccc1O[P+](=O)S. The Hall–Kier alpha value is -1.24. The lowest BCUT2D eigenvalue weighted by Crippen LogP contribution is -1.94. The molecule has 0 aliphatic rings. The highest BCUT2D eigenvalue weighted by Crippen LogP contribution is 2.37. The van der Waals surface area contributed by atoms with E-state index in [0.29, 0.717) is 23.7 Å². The molecule has 15 heavy (non-hydrogen) atoms. The maximum absolute atomic E-state index is 10.8. The summed E-state index contributed by atoms with van der Waals surface area (Å²) in [5.41, 5.74) is 0.459. The zero-order valence-electron chi connectivity index (χ0n) is 8.01. The van der Waals surface area contributed by atoms with Crippen molar-refractivity contribution in [3.8, 4) is 17.6 Å². The fourth-order valence-corrected chi connectivity index (χ4v) is 1.59. The summed E-state index contributed by atoms with van der Waals surface area (Å²) in [7, 11) is -2.04. The van der Waals surface area contributed by atoms with Crippen LogP contribution < -0.4 is 9.26 Å². The molecule has 1 rings (SSSR count). The van der Waals surface area contributed by atoms with E-state index in [9.17, 15) is 4.57 Å². The molecule has 0 amide bonds. The van der Waals surface area contributed by atoms with Crippen LogP contribution in [0.1, 0.15) is 12.5 Å². The Morgan fingerprint density at radius 1 is 1.53 bits per heavy atom. The molecule has 0 fully saturated rings. The van der Waals surface area contributed by atoms with Crippen molar-refractivity contribution in [1.29, 1.82) is 5.26 Å². The Kier molecular flexibility index (Phi) is 4.41. The van der Waals surface area contributed by atoms with Crippen LogP contribution in [0.15, 0.2) is 18.2 Å². The second-order valence-electron chi connectivity index (χ2n) is 2.54. The molecule has 0 aliphatic heterocycles. The van der Waals surface area contributed by atoms with Crippen LogP contribution in [0.25, 0.3) is 0 Å². The van der Waals surface area contributed by atoms with Crippen molar-refractivity contribution in [2.75, 3.05) is 6.61 Å². The summed E-state index contributed by atoms with van der Waals surface area (Å²) in [5, 5.41) is 8.68. The summed E-state index contributed by atoms with van der Waals surface area (Å²) in [4.78, 5) is 0. The summed E-state index contributed by atoms with van der Waals surface area (Å²) in [6.07, 6.45) is 0. The van der Waals surface area contributed by atoms with E-state index in [0.717, 1.165) is 0 Å². The zero-order valence-corrected chi connectivity index (χ0v) is 9.79. The average Bonchev–Trinajstić information content (AvgIpc) is 2.20. The van der Waals surface area contributed by atoms with Crippen LogP contribution in [0, 0.1) is 11.3 Å². The van der Waals surface area contributed by atoms with Gasteiger partial charge in [-0.1, -0.05) is 0 Å². The molecule has 0 N–H and O–H groups in total. The van der Waals surface area contributed by atoms with Gasteiger partial charge in [0.25, 0.3) is 0 Å². The quantitative estimate of drug-likeness (QED) is 0.651. The number of nitrogens with zero attached hydrogens (tertiary/aromatic N) is 1. The highest BCUT2D eigenvalue weighted by atomic mass is 32.7. The monoisotopic (exact) mass is 242 g/mol. The Balaban J connectivity index is 3.04. The normalized spacial score (nSPS) is 10.3. The van der Waals surface area contributed by atoms with E-state index in [1.807, 2.05) is 13.0 Å². The van der Waals surface area contributed by atoms with Crippen molar-refractivity contribution >= 4 is 19.5 Å². The molecule has 1 aromatic rings. The van der Waals surface area contributed by atoms with E-state index in [2.05, 4.69) is 12.2 Å². The molecule has 4 nitrogen and oxygen atoms in total. The first-order chi connectivity index (χ1) is 7.17. The van der Waals surface area contributed by atoms with Crippen LogP contribution in [-0.4, -0.2) is 6.61 Å². The van der Waals surface area contributed by atoms with E-state index >= 15 is 0 Å². The van der Waals surface area contributed by atoms with Crippen molar-refractivity contribution < 1.29 is 13.8 Å². The fourth-order valence-electron chi connectivity index (χ4n) is 1.01. The summed E-state index contributed by atoms with van der Waals surface area (Å²) in [6.45, 7) is 2.25. The molecule has 78 valence electrons. The van der Waals surface area contributed by atoms with Gasteiger partial charge in [-0.05, 0) is 23.6 Å². The third-order valence-electron chi connectivity index (χ3n) is 1.55. The highest BCUT2D eigenvalue weighted by Gasteiger charge is 2.17. The highest BCUT2D eigenvalue weighted by molar-refractivity contribution is 8.39. The Morgan fingerprint density at radius 3 is 2.80 bits per heavy atom. The molecule has 1 atom stereocenters.